The van der Waals surface area contributed by atoms with Gasteiger partial charge in [0.2, 0.25) is 0 Å². The Bertz CT molecular complexity index is 667. The fraction of sp³-hybridized carbons (Fsp3) is 0.421. The van der Waals surface area contributed by atoms with Crippen LogP contribution >= 0.6 is 0 Å². The fourth-order valence-corrected chi connectivity index (χ4v) is 3.20. The third-order valence-corrected chi connectivity index (χ3v) is 4.39. The van der Waals surface area contributed by atoms with Crippen LogP contribution in [0.5, 0.6) is 0 Å². The van der Waals surface area contributed by atoms with Crippen LogP contribution in [-0.4, -0.2) is 42.2 Å². The van der Waals surface area contributed by atoms with E-state index in [0.29, 0.717) is 13.2 Å². The first-order chi connectivity index (χ1) is 11.8. The number of rotatable bonds is 6. The van der Waals surface area contributed by atoms with Gasteiger partial charge in [-0.3, -0.25) is 9.69 Å². The van der Waals surface area contributed by atoms with E-state index in [1.54, 1.807) is 7.11 Å². The maximum atomic E-state index is 12.3. The van der Waals surface area contributed by atoms with Crippen LogP contribution in [0.25, 0.3) is 0 Å². The van der Waals surface area contributed by atoms with Crippen LogP contribution in [0.4, 0.5) is 0 Å². The van der Waals surface area contributed by atoms with Crippen LogP contribution in [0.15, 0.2) is 42.5 Å². The molecule has 128 valence electrons. The highest BCUT2D eigenvalue weighted by Crippen LogP contribution is 2.18. The number of benzene rings is 1. The van der Waals surface area contributed by atoms with E-state index in [-0.39, 0.29) is 5.91 Å². The molecule has 1 aromatic carbocycles. The number of amides is 1. The van der Waals surface area contributed by atoms with Crippen molar-refractivity contribution in [1.82, 2.24) is 14.8 Å². The highest BCUT2D eigenvalue weighted by Gasteiger charge is 2.19. The number of ether oxygens (including phenoxy) is 1. The number of nitrogens with zero attached hydrogens (tertiary/aromatic N) is 2. The average molecular weight is 327 g/mol. The lowest BCUT2D eigenvalue weighted by Crippen LogP contribution is -2.29. The summed E-state index contributed by atoms with van der Waals surface area (Å²) in [4.78, 5) is 14.8. The quantitative estimate of drug-likeness (QED) is 0.828. The normalized spacial score (nSPS) is 14.9. The number of hydrogen-bond acceptors (Lipinski definition) is 3. The van der Waals surface area contributed by atoms with Gasteiger partial charge in [-0.05, 0) is 24.1 Å². The van der Waals surface area contributed by atoms with Gasteiger partial charge in [0.05, 0.1) is 6.61 Å². The maximum absolute atomic E-state index is 12.3. The molecule has 0 radical (unpaired) electrons. The first kappa shape index (κ1) is 16.7. The second-order valence-corrected chi connectivity index (χ2v) is 6.16. The number of aromatic nitrogens is 1. The van der Waals surface area contributed by atoms with E-state index in [4.69, 9.17) is 4.74 Å². The van der Waals surface area contributed by atoms with Crippen LogP contribution in [-0.2, 0) is 24.4 Å². The minimum Gasteiger partial charge on any atom is -0.383 e. The molecule has 1 N–H and O–H groups in total. The van der Waals surface area contributed by atoms with E-state index in [9.17, 15) is 4.79 Å². The van der Waals surface area contributed by atoms with Gasteiger partial charge in [0, 0.05) is 45.5 Å². The van der Waals surface area contributed by atoms with Crippen molar-refractivity contribution in [3.63, 3.8) is 0 Å². The first-order valence-electron chi connectivity index (χ1n) is 8.50. The van der Waals surface area contributed by atoms with Gasteiger partial charge >= 0.3 is 0 Å². The van der Waals surface area contributed by atoms with Gasteiger partial charge in [0.15, 0.2) is 0 Å². The lowest BCUT2D eigenvalue weighted by atomic mass is 10.2. The summed E-state index contributed by atoms with van der Waals surface area (Å²) in [6.45, 7) is 4.82. The Kier molecular flexibility index (Phi) is 5.67. The van der Waals surface area contributed by atoms with Gasteiger partial charge in [-0.2, -0.15) is 0 Å². The molecule has 0 bridgehead atoms. The Labute approximate surface area is 143 Å². The Morgan fingerprint density at radius 3 is 2.79 bits per heavy atom. The van der Waals surface area contributed by atoms with Gasteiger partial charge < -0.3 is 14.6 Å². The highest BCUT2D eigenvalue weighted by atomic mass is 16.5. The lowest BCUT2D eigenvalue weighted by molar-refractivity contribution is 0.0927. The molecule has 2 heterocycles. The molecule has 0 atom stereocenters. The van der Waals surface area contributed by atoms with Crippen molar-refractivity contribution in [2.45, 2.75) is 26.1 Å². The van der Waals surface area contributed by atoms with E-state index >= 15 is 0 Å². The standard InChI is InChI=1S/C19H25N3O2/c1-24-13-10-20-19(23)18-9-8-17-15-21(11-5-12-22(17)18)14-16-6-3-2-4-7-16/h2-4,6-9H,5,10-15H2,1H3,(H,20,23). The summed E-state index contributed by atoms with van der Waals surface area (Å²) < 4.78 is 7.14. The van der Waals surface area contributed by atoms with Crippen molar-refractivity contribution in [1.29, 1.82) is 0 Å². The third kappa shape index (κ3) is 4.04. The number of carbonyl (C=O) groups is 1. The number of nitrogens with one attached hydrogen (secondary N) is 1. The molecule has 0 unspecified atom stereocenters. The molecule has 5 heteroatoms. The monoisotopic (exact) mass is 327 g/mol. The van der Waals surface area contributed by atoms with Crippen molar-refractivity contribution in [3.8, 4) is 0 Å². The smallest absolute Gasteiger partial charge is 0.267 e. The molecule has 5 nitrogen and oxygen atoms in total. The van der Waals surface area contributed by atoms with E-state index in [1.165, 1.54) is 11.3 Å². The molecule has 1 amide bonds. The number of carbonyl (C=O) groups excluding carboxylic acids is 1. The van der Waals surface area contributed by atoms with Crippen molar-refractivity contribution < 1.29 is 9.53 Å². The third-order valence-electron chi connectivity index (χ3n) is 4.39. The molecule has 0 saturated carbocycles. The van der Waals surface area contributed by atoms with Gasteiger partial charge in [-0.15, -0.1) is 0 Å². The predicted octanol–water partition coefficient (Wildman–Crippen LogP) is 2.27. The summed E-state index contributed by atoms with van der Waals surface area (Å²) >= 11 is 0. The summed E-state index contributed by atoms with van der Waals surface area (Å²) in [5.41, 5.74) is 3.29. The zero-order chi connectivity index (χ0) is 16.8. The van der Waals surface area contributed by atoms with Gasteiger partial charge in [0.25, 0.3) is 5.91 Å². The Morgan fingerprint density at radius 2 is 2.00 bits per heavy atom. The van der Waals surface area contributed by atoms with E-state index < -0.39 is 0 Å². The van der Waals surface area contributed by atoms with Gasteiger partial charge in [-0.1, -0.05) is 30.3 Å². The summed E-state index contributed by atoms with van der Waals surface area (Å²) in [6, 6.07) is 14.6. The summed E-state index contributed by atoms with van der Waals surface area (Å²) in [6.07, 6.45) is 1.05. The van der Waals surface area contributed by atoms with Crippen molar-refractivity contribution >= 4 is 5.91 Å². The Hall–Kier alpha value is -2.11. The molecule has 0 spiro atoms. The highest BCUT2D eigenvalue weighted by molar-refractivity contribution is 5.92. The van der Waals surface area contributed by atoms with Crippen LogP contribution < -0.4 is 5.32 Å². The predicted molar refractivity (Wildman–Crippen MR) is 93.8 cm³/mol. The van der Waals surface area contributed by atoms with Crippen LogP contribution in [0, 0.1) is 0 Å². The Morgan fingerprint density at radius 1 is 1.17 bits per heavy atom. The van der Waals surface area contributed by atoms with E-state index in [0.717, 1.165) is 38.3 Å². The second kappa shape index (κ2) is 8.13. The molecule has 24 heavy (non-hydrogen) atoms. The number of methoxy groups -OCH3 is 1. The summed E-state index contributed by atoms with van der Waals surface area (Å²) in [7, 11) is 1.64. The molecule has 0 aliphatic carbocycles. The molecule has 1 aromatic heterocycles. The largest absolute Gasteiger partial charge is 0.383 e. The fourth-order valence-electron chi connectivity index (χ4n) is 3.20. The van der Waals surface area contributed by atoms with E-state index in [1.807, 2.05) is 12.1 Å². The number of hydrogen-bond donors (Lipinski definition) is 1. The topological polar surface area (TPSA) is 46.5 Å². The molecule has 0 fully saturated rings. The molecule has 2 aromatic rings. The van der Waals surface area contributed by atoms with E-state index in [2.05, 4.69) is 45.1 Å². The van der Waals surface area contributed by atoms with Crippen LogP contribution in [0.3, 0.4) is 0 Å². The van der Waals surface area contributed by atoms with Crippen molar-refractivity contribution in [3.05, 3.63) is 59.4 Å². The van der Waals surface area contributed by atoms with Crippen molar-refractivity contribution in [2.75, 3.05) is 26.8 Å². The molecular weight excluding hydrogens is 302 g/mol. The second-order valence-electron chi connectivity index (χ2n) is 6.16. The molecule has 0 saturated heterocycles. The van der Waals surface area contributed by atoms with Crippen molar-refractivity contribution in [2.24, 2.45) is 0 Å². The van der Waals surface area contributed by atoms with Gasteiger partial charge in [-0.25, -0.2) is 0 Å². The number of fused-ring (bicyclic) bond motifs is 1. The minimum absolute atomic E-state index is 0.0187. The average Bonchev–Trinajstić information content (AvgIpc) is 2.88. The van der Waals surface area contributed by atoms with Crippen LogP contribution in [0.2, 0.25) is 0 Å². The minimum atomic E-state index is -0.0187. The first-order valence-corrected chi connectivity index (χ1v) is 8.50. The zero-order valence-corrected chi connectivity index (χ0v) is 14.2. The Balaban J connectivity index is 1.67. The molecular formula is C19H25N3O2. The summed E-state index contributed by atoms with van der Waals surface area (Å²) in [5.74, 6) is -0.0187. The maximum Gasteiger partial charge on any atom is 0.267 e. The van der Waals surface area contributed by atoms with Crippen LogP contribution in [0.1, 0.15) is 28.2 Å². The summed E-state index contributed by atoms with van der Waals surface area (Å²) in [5, 5.41) is 2.91. The molecule has 1 aliphatic heterocycles. The SMILES string of the molecule is COCCNC(=O)c1ccc2n1CCCN(Cc1ccccc1)C2. The zero-order valence-electron chi connectivity index (χ0n) is 14.2. The molecule has 3 rings (SSSR count). The lowest BCUT2D eigenvalue weighted by Gasteiger charge is -2.19. The van der Waals surface area contributed by atoms with Gasteiger partial charge in [0.1, 0.15) is 5.69 Å². The molecule has 1 aliphatic rings.